The van der Waals surface area contributed by atoms with E-state index in [2.05, 4.69) is 5.32 Å². The van der Waals surface area contributed by atoms with Gasteiger partial charge in [0.1, 0.15) is 18.4 Å². The third-order valence-corrected chi connectivity index (χ3v) is 6.70. The van der Waals surface area contributed by atoms with Gasteiger partial charge in [-0.15, -0.1) is 0 Å². The Balaban J connectivity index is 2.38. The number of nitrogens with zero attached hydrogens (tertiary/aromatic N) is 2. The van der Waals surface area contributed by atoms with Crippen molar-refractivity contribution in [3.63, 3.8) is 0 Å². The number of halogens is 1. The Labute approximate surface area is 202 Å². The molecule has 1 atom stereocenters. The lowest BCUT2D eigenvalue weighted by atomic mass is 10.1. The Morgan fingerprint density at radius 1 is 1.09 bits per heavy atom. The molecule has 0 saturated heterocycles. The highest BCUT2D eigenvalue weighted by molar-refractivity contribution is 7.92. The molecule has 34 heavy (non-hydrogen) atoms. The average Bonchev–Trinajstić information content (AvgIpc) is 2.77. The molecular weight excluding hydrogens is 457 g/mol. The Hall–Kier alpha value is -2.94. The minimum atomic E-state index is -3.79. The number of hydrogen-bond acceptors (Lipinski definition) is 4. The van der Waals surface area contributed by atoms with Crippen molar-refractivity contribution >= 4 is 27.5 Å². The number of benzene rings is 2. The van der Waals surface area contributed by atoms with Gasteiger partial charge in [-0.2, -0.15) is 0 Å². The topological polar surface area (TPSA) is 86.8 Å². The van der Waals surface area contributed by atoms with E-state index in [1.807, 2.05) is 19.9 Å². The van der Waals surface area contributed by atoms with E-state index >= 15 is 0 Å². The predicted molar refractivity (Wildman–Crippen MR) is 132 cm³/mol. The minimum Gasteiger partial charge on any atom is -0.354 e. The lowest BCUT2D eigenvalue weighted by Gasteiger charge is -2.32. The zero-order chi connectivity index (χ0) is 25.5. The van der Waals surface area contributed by atoms with Crippen LogP contribution in [0.25, 0.3) is 0 Å². The molecule has 0 bridgehead atoms. The van der Waals surface area contributed by atoms with Gasteiger partial charge in [0.05, 0.1) is 11.9 Å². The van der Waals surface area contributed by atoms with Crippen LogP contribution < -0.4 is 9.62 Å². The largest absolute Gasteiger partial charge is 0.354 e. The van der Waals surface area contributed by atoms with E-state index in [-0.39, 0.29) is 12.5 Å². The fourth-order valence-corrected chi connectivity index (χ4v) is 4.39. The normalized spacial score (nSPS) is 12.2. The zero-order valence-corrected chi connectivity index (χ0v) is 21.3. The van der Waals surface area contributed by atoms with Crippen molar-refractivity contribution in [1.29, 1.82) is 0 Å². The van der Waals surface area contributed by atoms with E-state index in [1.54, 1.807) is 26.0 Å². The first-order valence-electron chi connectivity index (χ1n) is 11.3. The minimum absolute atomic E-state index is 0.0336. The molecule has 2 rings (SSSR count). The molecule has 0 aromatic heterocycles. The van der Waals surface area contributed by atoms with Crippen LogP contribution in [0.15, 0.2) is 42.5 Å². The summed E-state index contributed by atoms with van der Waals surface area (Å²) in [5.41, 5.74) is 2.60. The molecule has 0 aliphatic heterocycles. The van der Waals surface area contributed by atoms with Gasteiger partial charge in [-0.25, -0.2) is 12.8 Å². The molecule has 0 fully saturated rings. The van der Waals surface area contributed by atoms with Gasteiger partial charge in [-0.3, -0.25) is 13.9 Å². The summed E-state index contributed by atoms with van der Waals surface area (Å²) in [6.45, 7) is 7.28. The van der Waals surface area contributed by atoms with Crippen molar-refractivity contribution in [2.75, 3.05) is 23.7 Å². The number of carbonyl (C=O) groups excluding carboxylic acids is 2. The average molecular weight is 492 g/mol. The summed E-state index contributed by atoms with van der Waals surface area (Å²) in [6, 6.07) is 10.2. The molecule has 9 heteroatoms. The molecular formula is C25H34FN3O4S. The van der Waals surface area contributed by atoms with E-state index in [9.17, 15) is 22.4 Å². The van der Waals surface area contributed by atoms with E-state index in [0.29, 0.717) is 23.4 Å². The number of unbranched alkanes of at least 4 members (excludes halogenated alkanes) is 1. The van der Waals surface area contributed by atoms with Crippen LogP contribution in [0.1, 0.15) is 43.4 Å². The molecule has 7 nitrogen and oxygen atoms in total. The van der Waals surface area contributed by atoms with Gasteiger partial charge in [-0.1, -0.05) is 37.6 Å². The van der Waals surface area contributed by atoms with Gasteiger partial charge in [-0.05, 0) is 62.1 Å². The number of nitrogens with one attached hydrogen (secondary N) is 1. The van der Waals surface area contributed by atoms with Gasteiger partial charge in [0.15, 0.2) is 0 Å². The van der Waals surface area contributed by atoms with Crippen LogP contribution in [0.4, 0.5) is 10.1 Å². The molecule has 1 N–H and O–H groups in total. The zero-order valence-electron chi connectivity index (χ0n) is 20.5. The number of anilines is 1. The molecule has 186 valence electrons. The fraction of sp³-hybridized carbons (Fsp3) is 0.440. The van der Waals surface area contributed by atoms with Crippen LogP contribution in [0.2, 0.25) is 0 Å². The molecule has 2 amide bonds. The number of aryl methyl sites for hydroxylation is 2. The number of sulfonamides is 1. The standard InChI is InChI=1S/C25H34FN3O4S/c1-6-7-14-27-25(31)20(4)28(16-21-10-12-22(26)13-11-21)24(30)17-29(34(5,32)33)23-15-18(2)8-9-19(23)3/h8-13,15,20H,6-7,14,16-17H2,1-5H3,(H,27,31)/t20-/m0/s1. The predicted octanol–water partition coefficient (Wildman–Crippen LogP) is 3.54. The Morgan fingerprint density at radius 2 is 1.74 bits per heavy atom. The van der Waals surface area contributed by atoms with Crippen molar-refractivity contribution in [3.05, 3.63) is 65.0 Å². The number of amides is 2. The first kappa shape index (κ1) is 27.3. The number of hydrogen-bond donors (Lipinski definition) is 1. The SMILES string of the molecule is CCCCNC(=O)[C@H](C)N(Cc1ccc(F)cc1)C(=O)CN(c1cc(C)ccc1C)S(C)(=O)=O. The first-order valence-corrected chi connectivity index (χ1v) is 13.2. The molecule has 0 heterocycles. The van der Waals surface area contributed by atoms with Crippen LogP contribution in [-0.2, 0) is 26.2 Å². The summed E-state index contributed by atoms with van der Waals surface area (Å²) in [5, 5.41) is 2.82. The summed E-state index contributed by atoms with van der Waals surface area (Å²) in [4.78, 5) is 27.6. The number of rotatable bonds is 11. The first-order chi connectivity index (χ1) is 15.9. The van der Waals surface area contributed by atoms with Gasteiger partial charge in [0.2, 0.25) is 21.8 Å². The molecule has 0 saturated carbocycles. The van der Waals surface area contributed by atoms with Gasteiger partial charge in [0.25, 0.3) is 0 Å². The molecule has 2 aromatic rings. The Kier molecular flexibility index (Phi) is 9.61. The Morgan fingerprint density at radius 3 is 2.32 bits per heavy atom. The third kappa shape index (κ3) is 7.55. The van der Waals surface area contributed by atoms with Crippen LogP contribution in [0.5, 0.6) is 0 Å². The highest BCUT2D eigenvalue weighted by atomic mass is 32.2. The summed E-state index contributed by atoms with van der Waals surface area (Å²) in [7, 11) is -3.79. The second-order valence-electron chi connectivity index (χ2n) is 8.53. The highest BCUT2D eigenvalue weighted by Gasteiger charge is 2.30. The molecule has 0 radical (unpaired) electrons. The Bertz CT molecular complexity index is 1100. The second kappa shape index (κ2) is 12.0. The van der Waals surface area contributed by atoms with Crippen molar-refractivity contribution in [3.8, 4) is 0 Å². The maximum Gasteiger partial charge on any atom is 0.244 e. The van der Waals surface area contributed by atoms with Crippen LogP contribution >= 0.6 is 0 Å². The summed E-state index contributed by atoms with van der Waals surface area (Å²) in [6.07, 6.45) is 2.76. The maximum absolute atomic E-state index is 13.5. The van der Waals surface area contributed by atoms with Gasteiger partial charge >= 0.3 is 0 Å². The van der Waals surface area contributed by atoms with Crippen molar-refractivity contribution < 1.29 is 22.4 Å². The van der Waals surface area contributed by atoms with Crippen molar-refractivity contribution in [2.45, 2.75) is 53.1 Å². The quantitative estimate of drug-likeness (QED) is 0.487. The smallest absolute Gasteiger partial charge is 0.244 e. The van der Waals surface area contributed by atoms with Gasteiger partial charge in [0, 0.05) is 13.1 Å². The highest BCUT2D eigenvalue weighted by Crippen LogP contribution is 2.24. The molecule has 0 spiro atoms. The summed E-state index contributed by atoms with van der Waals surface area (Å²) < 4.78 is 39.8. The van der Waals surface area contributed by atoms with Crippen LogP contribution in [-0.4, -0.2) is 50.5 Å². The van der Waals surface area contributed by atoms with E-state index < -0.39 is 34.3 Å². The maximum atomic E-state index is 13.5. The van der Waals surface area contributed by atoms with Gasteiger partial charge < -0.3 is 10.2 Å². The van der Waals surface area contributed by atoms with E-state index in [1.165, 1.54) is 29.2 Å². The molecule has 0 aliphatic rings. The summed E-state index contributed by atoms with van der Waals surface area (Å²) >= 11 is 0. The summed E-state index contributed by atoms with van der Waals surface area (Å²) in [5.74, 6) is -1.28. The van der Waals surface area contributed by atoms with E-state index in [4.69, 9.17) is 0 Å². The lowest BCUT2D eigenvalue weighted by molar-refractivity contribution is -0.139. The number of carbonyl (C=O) groups is 2. The molecule has 0 unspecified atom stereocenters. The molecule has 0 aliphatic carbocycles. The van der Waals surface area contributed by atoms with Crippen LogP contribution in [0, 0.1) is 19.7 Å². The monoisotopic (exact) mass is 491 g/mol. The van der Waals surface area contributed by atoms with Crippen LogP contribution in [0.3, 0.4) is 0 Å². The second-order valence-corrected chi connectivity index (χ2v) is 10.4. The van der Waals surface area contributed by atoms with E-state index in [0.717, 1.165) is 29.0 Å². The van der Waals surface area contributed by atoms with Crippen molar-refractivity contribution in [2.24, 2.45) is 0 Å². The molecule has 2 aromatic carbocycles. The lowest BCUT2D eigenvalue weighted by Crippen LogP contribution is -2.51. The fourth-order valence-electron chi connectivity index (χ4n) is 3.49. The third-order valence-electron chi connectivity index (χ3n) is 5.58. The van der Waals surface area contributed by atoms with Crippen molar-refractivity contribution in [1.82, 2.24) is 10.2 Å².